The van der Waals surface area contributed by atoms with Crippen molar-refractivity contribution in [3.8, 4) is 5.75 Å². The van der Waals surface area contributed by atoms with Crippen molar-refractivity contribution in [2.24, 2.45) is 5.41 Å². The van der Waals surface area contributed by atoms with Crippen molar-refractivity contribution in [3.05, 3.63) is 23.2 Å². The van der Waals surface area contributed by atoms with Crippen LogP contribution < -0.4 is 15.4 Å². The Balaban J connectivity index is 2.06. The van der Waals surface area contributed by atoms with Gasteiger partial charge in [-0.25, -0.2) is 0 Å². The summed E-state index contributed by atoms with van der Waals surface area (Å²) in [6, 6.07) is 5.32. The van der Waals surface area contributed by atoms with Gasteiger partial charge < -0.3 is 15.4 Å². The van der Waals surface area contributed by atoms with Gasteiger partial charge in [0.15, 0.2) is 0 Å². The number of anilines is 1. The Hall–Kier alpha value is -1.26. The summed E-state index contributed by atoms with van der Waals surface area (Å²) in [5.41, 5.74) is 0.346. The molecule has 0 aromatic heterocycles. The van der Waals surface area contributed by atoms with Gasteiger partial charge in [-0.1, -0.05) is 11.6 Å². The van der Waals surface area contributed by atoms with Crippen LogP contribution in [-0.2, 0) is 4.79 Å². The highest BCUT2D eigenvalue weighted by molar-refractivity contribution is 6.32. The number of hydrogen-bond acceptors (Lipinski definition) is 3. The first-order valence-corrected chi connectivity index (χ1v) is 7.37. The molecule has 1 unspecified atom stereocenters. The summed E-state index contributed by atoms with van der Waals surface area (Å²) in [5, 5.41) is 6.73. The number of halogens is 1. The lowest BCUT2D eigenvalue weighted by Crippen LogP contribution is -2.46. The second-order valence-electron chi connectivity index (χ2n) is 5.37. The molecule has 1 aromatic rings. The van der Waals surface area contributed by atoms with Gasteiger partial charge >= 0.3 is 0 Å². The van der Waals surface area contributed by atoms with E-state index in [4.69, 9.17) is 16.3 Å². The first kappa shape index (κ1) is 15.1. The third-order valence-corrected chi connectivity index (χ3v) is 3.93. The van der Waals surface area contributed by atoms with Crippen molar-refractivity contribution in [2.75, 3.05) is 25.0 Å². The monoisotopic (exact) mass is 296 g/mol. The van der Waals surface area contributed by atoms with Crippen molar-refractivity contribution >= 4 is 23.2 Å². The summed E-state index contributed by atoms with van der Waals surface area (Å²) in [6.45, 7) is 6.16. The molecule has 110 valence electrons. The molecule has 1 aliphatic rings. The standard InChI is InChI=1S/C15H21ClN2O2/c1-3-20-13-6-5-11(9-12(13)16)18-14(19)15(2)7-4-8-17-10-15/h5-6,9,17H,3-4,7-8,10H2,1-2H3,(H,18,19). The summed E-state index contributed by atoms with van der Waals surface area (Å²) < 4.78 is 5.38. The molecule has 0 radical (unpaired) electrons. The molecule has 1 saturated heterocycles. The van der Waals surface area contributed by atoms with E-state index in [-0.39, 0.29) is 11.3 Å². The third kappa shape index (κ3) is 3.44. The first-order chi connectivity index (χ1) is 9.55. The fourth-order valence-corrected chi connectivity index (χ4v) is 2.62. The van der Waals surface area contributed by atoms with E-state index >= 15 is 0 Å². The zero-order chi connectivity index (χ0) is 14.6. The minimum Gasteiger partial charge on any atom is -0.492 e. The molecular formula is C15H21ClN2O2. The van der Waals surface area contributed by atoms with Crippen LogP contribution in [0.5, 0.6) is 5.75 Å². The number of hydrogen-bond donors (Lipinski definition) is 2. The SMILES string of the molecule is CCOc1ccc(NC(=O)C2(C)CCCNC2)cc1Cl. The van der Waals surface area contributed by atoms with E-state index in [1.54, 1.807) is 12.1 Å². The quantitative estimate of drug-likeness (QED) is 0.898. The summed E-state index contributed by atoms with van der Waals surface area (Å²) >= 11 is 6.12. The lowest BCUT2D eigenvalue weighted by molar-refractivity contribution is -0.125. The summed E-state index contributed by atoms with van der Waals surface area (Å²) in [4.78, 5) is 12.4. The Morgan fingerprint density at radius 3 is 2.95 bits per heavy atom. The van der Waals surface area contributed by atoms with Gasteiger partial charge in [0, 0.05) is 12.2 Å². The molecule has 20 heavy (non-hydrogen) atoms. The van der Waals surface area contributed by atoms with Crippen LogP contribution in [0.4, 0.5) is 5.69 Å². The zero-order valence-electron chi connectivity index (χ0n) is 12.0. The number of nitrogens with one attached hydrogen (secondary N) is 2. The summed E-state index contributed by atoms with van der Waals surface area (Å²) in [5.74, 6) is 0.669. The van der Waals surface area contributed by atoms with Crippen LogP contribution in [0.15, 0.2) is 18.2 Å². The molecule has 0 bridgehead atoms. The summed E-state index contributed by atoms with van der Waals surface area (Å²) in [6.07, 6.45) is 1.92. The Morgan fingerprint density at radius 1 is 1.55 bits per heavy atom. The minimum atomic E-state index is -0.358. The van der Waals surface area contributed by atoms with Crippen LogP contribution >= 0.6 is 11.6 Å². The first-order valence-electron chi connectivity index (χ1n) is 7.00. The molecular weight excluding hydrogens is 276 g/mol. The van der Waals surface area contributed by atoms with Crippen LogP contribution in [0, 0.1) is 5.41 Å². The van der Waals surface area contributed by atoms with Crippen molar-refractivity contribution in [1.29, 1.82) is 0 Å². The Bertz CT molecular complexity index is 485. The molecule has 2 rings (SSSR count). The molecule has 0 spiro atoms. The van der Waals surface area contributed by atoms with Crippen LogP contribution in [-0.4, -0.2) is 25.6 Å². The van der Waals surface area contributed by atoms with Gasteiger partial charge in [-0.15, -0.1) is 0 Å². The fourth-order valence-electron chi connectivity index (χ4n) is 2.38. The second-order valence-corrected chi connectivity index (χ2v) is 5.78. The average Bonchev–Trinajstić information content (AvgIpc) is 2.43. The highest BCUT2D eigenvalue weighted by Gasteiger charge is 2.34. The summed E-state index contributed by atoms with van der Waals surface area (Å²) in [7, 11) is 0. The van der Waals surface area contributed by atoms with E-state index in [1.807, 2.05) is 19.9 Å². The van der Waals surface area contributed by atoms with E-state index in [1.165, 1.54) is 0 Å². The fraction of sp³-hybridized carbons (Fsp3) is 0.533. The lowest BCUT2D eigenvalue weighted by Gasteiger charge is -2.32. The van der Waals surface area contributed by atoms with E-state index in [2.05, 4.69) is 10.6 Å². The highest BCUT2D eigenvalue weighted by Crippen LogP contribution is 2.30. The van der Waals surface area contributed by atoms with E-state index in [0.717, 1.165) is 19.4 Å². The Kier molecular flexibility index (Phi) is 4.89. The molecule has 1 aliphatic heterocycles. The molecule has 0 saturated carbocycles. The van der Waals surface area contributed by atoms with Gasteiger partial charge in [0.1, 0.15) is 5.75 Å². The molecule has 1 atom stereocenters. The van der Waals surface area contributed by atoms with E-state index < -0.39 is 0 Å². The van der Waals surface area contributed by atoms with Gasteiger partial charge in [0.25, 0.3) is 0 Å². The molecule has 0 aliphatic carbocycles. The Morgan fingerprint density at radius 2 is 2.35 bits per heavy atom. The normalized spacial score (nSPS) is 22.4. The maximum Gasteiger partial charge on any atom is 0.231 e. The van der Waals surface area contributed by atoms with Crippen molar-refractivity contribution < 1.29 is 9.53 Å². The van der Waals surface area contributed by atoms with Crippen molar-refractivity contribution in [3.63, 3.8) is 0 Å². The molecule has 1 fully saturated rings. The van der Waals surface area contributed by atoms with Crippen molar-refractivity contribution in [2.45, 2.75) is 26.7 Å². The molecule has 2 N–H and O–H groups in total. The number of benzene rings is 1. The zero-order valence-corrected chi connectivity index (χ0v) is 12.7. The maximum atomic E-state index is 12.4. The molecule has 1 amide bonds. The number of carbonyl (C=O) groups excluding carboxylic acids is 1. The topological polar surface area (TPSA) is 50.4 Å². The number of carbonyl (C=O) groups is 1. The number of piperidine rings is 1. The highest BCUT2D eigenvalue weighted by atomic mass is 35.5. The number of rotatable bonds is 4. The molecule has 1 aromatic carbocycles. The molecule has 4 nitrogen and oxygen atoms in total. The lowest BCUT2D eigenvalue weighted by atomic mass is 9.82. The average molecular weight is 297 g/mol. The minimum absolute atomic E-state index is 0.0323. The van der Waals surface area contributed by atoms with E-state index in [0.29, 0.717) is 29.6 Å². The van der Waals surface area contributed by atoms with Gasteiger partial charge in [-0.2, -0.15) is 0 Å². The smallest absolute Gasteiger partial charge is 0.231 e. The predicted molar refractivity (Wildman–Crippen MR) is 81.5 cm³/mol. The maximum absolute atomic E-state index is 12.4. The predicted octanol–water partition coefficient (Wildman–Crippen LogP) is 3.07. The third-order valence-electron chi connectivity index (χ3n) is 3.64. The second kappa shape index (κ2) is 6.46. The van der Waals surface area contributed by atoms with Crippen LogP contribution in [0.3, 0.4) is 0 Å². The largest absolute Gasteiger partial charge is 0.492 e. The molecule has 1 heterocycles. The molecule has 5 heteroatoms. The van der Waals surface area contributed by atoms with Gasteiger partial charge in [-0.05, 0) is 51.4 Å². The number of amides is 1. The van der Waals surface area contributed by atoms with Gasteiger partial charge in [0.05, 0.1) is 17.0 Å². The van der Waals surface area contributed by atoms with Crippen LogP contribution in [0.1, 0.15) is 26.7 Å². The van der Waals surface area contributed by atoms with Crippen LogP contribution in [0.25, 0.3) is 0 Å². The van der Waals surface area contributed by atoms with Gasteiger partial charge in [0.2, 0.25) is 5.91 Å². The van der Waals surface area contributed by atoms with E-state index in [9.17, 15) is 4.79 Å². The Labute approximate surface area is 124 Å². The van der Waals surface area contributed by atoms with Gasteiger partial charge in [-0.3, -0.25) is 4.79 Å². The van der Waals surface area contributed by atoms with Crippen LogP contribution in [0.2, 0.25) is 5.02 Å². The van der Waals surface area contributed by atoms with Crippen molar-refractivity contribution in [1.82, 2.24) is 5.32 Å². The number of ether oxygens (including phenoxy) is 1.